The molecule has 1 heterocycles. The number of ether oxygens (including phenoxy) is 3. The molecule has 2 rings (SSSR count). The van der Waals surface area contributed by atoms with Crippen molar-refractivity contribution in [3.05, 3.63) is 36.9 Å². The molecule has 0 atom stereocenters. The second-order valence-electron chi connectivity index (χ2n) is 4.56. The summed E-state index contributed by atoms with van der Waals surface area (Å²) >= 11 is 0. The summed E-state index contributed by atoms with van der Waals surface area (Å²) < 4.78 is 40.4. The van der Waals surface area contributed by atoms with Gasteiger partial charge in [-0.2, -0.15) is 0 Å². The smallest absolute Gasteiger partial charge is 0.241 e. The van der Waals surface area contributed by atoms with E-state index >= 15 is 0 Å². The van der Waals surface area contributed by atoms with Gasteiger partial charge in [0.05, 0.1) is 24.1 Å². The van der Waals surface area contributed by atoms with Crippen LogP contribution < -0.4 is 9.46 Å². The number of ketones is 1. The largest absolute Gasteiger partial charge is 0.496 e. The summed E-state index contributed by atoms with van der Waals surface area (Å²) in [5.74, 6) is 0.0138. The molecule has 0 radical (unpaired) electrons. The number of carbonyl (C=O) groups excluding carboxylic acids is 1. The highest BCUT2D eigenvalue weighted by atomic mass is 32.2. The van der Waals surface area contributed by atoms with Crippen LogP contribution in [0, 0.1) is 0 Å². The molecule has 1 aromatic rings. The van der Waals surface area contributed by atoms with E-state index in [9.17, 15) is 13.2 Å². The highest BCUT2D eigenvalue weighted by molar-refractivity contribution is 7.89. The lowest BCUT2D eigenvalue weighted by Crippen LogP contribution is -2.36. The van der Waals surface area contributed by atoms with Crippen molar-refractivity contribution in [3.63, 3.8) is 0 Å². The van der Waals surface area contributed by atoms with Gasteiger partial charge in [0.25, 0.3) is 0 Å². The Morgan fingerprint density at radius 2 is 1.76 bits per heavy atom. The first-order chi connectivity index (χ1) is 11.9. The number of nitrogens with one attached hydrogen (secondary N) is 1. The standard InChI is InChI=1S/C9H9NO4S.C6H14O2.C2H4/c1-14-7-3-2-4-8-9(7)6(11)5-10-15(8,12)13;1-4-7-6(3)8-5-2;1-2/h2-4,10H,5H2,1H3;6H,4-5H2,1-3H3;1-2H2. The van der Waals surface area contributed by atoms with Gasteiger partial charge in [0.2, 0.25) is 10.0 Å². The predicted octanol–water partition coefficient (Wildman–Crippen LogP) is 2.38. The van der Waals surface area contributed by atoms with Crippen LogP contribution in [0.3, 0.4) is 0 Å². The lowest BCUT2D eigenvalue weighted by molar-refractivity contribution is -0.123. The van der Waals surface area contributed by atoms with Crippen molar-refractivity contribution in [1.82, 2.24) is 4.72 Å². The molecule has 8 heteroatoms. The Bertz CT molecular complexity index is 639. The van der Waals surface area contributed by atoms with E-state index in [0.29, 0.717) is 5.75 Å². The van der Waals surface area contributed by atoms with E-state index in [-0.39, 0.29) is 29.1 Å². The van der Waals surface area contributed by atoms with Gasteiger partial charge in [-0.05, 0) is 32.9 Å². The van der Waals surface area contributed by atoms with Crippen molar-refractivity contribution in [3.8, 4) is 5.75 Å². The molecule has 0 aromatic heterocycles. The van der Waals surface area contributed by atoms with Crippen LogP contribution in [-0.4, -0.2) is 47.4 Å². The summed E-state index contributed by atoms with van der Waals surface area (Å²) in [6.07, 6.45) is -0.0370. The fourth-order valence-electron chi connectivity index (χ4n) is 2.02. The summed E-state index contributed by atoms with van der Waals surface area (Å²) in [5, 5.41) is 0. The summed E-state index contributed by atoms with van der Waals surface area (Å²) in [4.78, 5) is 11.5. The maximum atomic E-state index is 11.6. The van der Waals surface area contributed by atoms with Crippen molar-refractivity contribution >= 4 is 15.8 Å². The van der Waals surface area contributed by atoms with Crippen molar-refractivity contribution in [1.29, 1.82) is 0 Å². The maximum Gasteiger partial charge on any atom is 0.241 e. The minimum atomic E-state index is -3.56. The molecule has 1 aliphatic heterocycles. The Morgan fingerprint density at radius 1 is 1.20 bits per heavy atom. The lowest BCUT2D eigenvalue weighted by Gasteiger charge is -2.18. The maximum absolute atomic E-state index is 11.6. The highest BCUT2D eigenvalue weighted by Gasteiger charge is 2.30. The SMILES string of the molecule is C=C.CCOC(C)OCC.COc1cccc2c1C(=O)CNS2(=O)=O. The van der Waals surface area contributed by atoms with E-state index in [2.05, 4.69) is 17.9 Å². The molecule has 0 bridgehead atoms. The third-order valence-corrected chi connectivity index (χ3v) is 4.45. The third-order valence-electron chi connectivity index (χ3n) is 3.00. The highest BCUT2D eigenvalue weighted by Crippen LogP contribution is 2.28. The molecular formula is C17H27NO6S. The minimum Gasteiger partial charge on any atom is -0.496 e. The molecule has 25 heavy (non-hydrogen) atoms. The monoisotopic (exact) mass is 373 g/mol. The number of Topliss-reactive ketones (excluding diaryl/α,β-unsaturated/α-hetero) is 1. The Labute approximate surface area is 150 Å². The van der Waals surface area contributed by atoms with E-state index in [1.807, 2.05) is 20.8 Å². The first-order valence-corrected chi connectivity index (χ1v) is 9.28. The summed E-state index contributed by atoms with van der Waals surface area (Å²) in [6.45, 7) is 13.0. The van der Waals surface area contributed by atoms with E-state index in [0.717, 1.165) is 13.2 Å². The van der Waals surface area contributed by atoms with Crippen LogP contribution in [0.1, 0.15) is 31.1 Å². The van der Waals surface area contributed by atoms with Crippen LogP contribution >= 0.6 is 0 Å². The number of benzene rings is 1. The molecule has 0 unspecified atom stereocenters. The molecule has 1 N–H and O–H groups in total. The predicted molar refractivity (Wildman–Crippen MR) is 96.5 cm³/mol. The van der Waals surface area contributed by atoms with Gasteiger partial charge < -0.3 is 14.2 Å². The van der Waals surface area contributed by atoms with E-state index < -0.39 is 10.0 Å². The second-order valence-corrected chi connectivity index (χ2v) is 6.29. The molecule has 0 saturated heterocycles. The van der Waals surface area contributed by atoms with Crippen LogP contribution in [0.25, 0.3) is 0 Å². The van der Waals surface area contributed by atoms with Gasteiger partial charge >= 0.3 is 0 Å². The fourth-order valence-corrected chi connectivity index (χ4v) is 3.24. The summed E-state index contributed by atoms with van der Waals surface area (Å²) in [7, 11) is -2.16. The zero-order chi connectivity index (χ0) is 19.5. The first kappa shape index (κ1) is 23.3. The van der Waals surface area contributed by atoms with Crippen LogP contribution in [0.5, 0.6) is 5.75 Å². The molecule has 7 nitrogen and oxygen atoms in total. The van der Waals surface area contributed by atoms with Gasteiger partial charge in [0, 0.05) is 13.2 Å². The number of methoxy groups -OCH3 is 1. The Kier molecular flexibility index (Phi) is 10.9. The number of sulfonamides is 1. The number of rotatable bonds is 5. The number of fused-ring (bicyclic) bond motifs is 1. The van der Waals surface area contributed by atoms with Gasteiger partial charge in [-0.3, -0.25) is 4.79 Å². The fraction of sp³-hybridized carbons (Fsp3) is 0.471. The zero-order valence-corrected chi connectivity index (χ0v) is 16.0. The average molecular weight is 373 g/mol. The molecule has 0 aliphatic carbocycles. The summed E-state index contributed by atoms with van der Waals surface area (Å²) in [5.41, 5.74) is 0.138. The molecule has 1 aliphatic rings. The molecule has 1 aromatic carbocycles. The van der Waals surface area contributed by atoms with Crippen LogP contribution in [0.4, 0.5) is 0 Å². The molecular weight excluding hydrogens is 346 g/mol. The van der Waals surface area contributed by atoms with Crippen molar-refractivity contribution in [2.75, 3.05) is 26.9 Å². The summed E-state index contributed by atoms with van der Waals surface area (Å²) in [6, 6.07) is 4.49. The quantitative estimate of drug-likeness (QED) is 0.629. The normalized spacial score (nSPS) is 14.5. The Hall–Kier alpha value is -1.74. The van der Waals surface area contributed by atoms with E-state index in [1.54, 1.807) is 6.07 Å². The second kappa shape index (κ2) is 11.8. The van der Waals surface area contributed by atoms with Crippen molar-refractivity contribution in [2.24, 2.45) is 0 Å². The molecule has 142 valence electrons. The average Bonchev–Trinajstić information content (AvgIpc) is 2.61. The van der Waals surface area contributed by atoms with Gasteiger partial charge in [-0.15, -0.1) is 13.2 Å². The molecule has 0 saturated carbocycles. The Morgan fingerprint density at radius 3 is 2.24 bits per heavy atom. The minimum absolute atomic E-state index is 0.0156. The Balaban J connectivity index is 0.000000493. The number of hydrogen-bond acceptors (Lipinski definition) is 6. The lowest BCUT2D eigenvalue weighted by atomic mass is 10.1. The van der Waals surface area contributed by atoms with Gasteiger partial charge in [0.1, 0.15) is 5.75 Å². The topological polar surface area (TPSA) is 90.9 Å². The zero-order valence-electron chi connectivity index (χ0n) is 15.2. The molecule has 0 amide bonds. The van der Waals surface area contributed by atoms with E-state index in [4.69, 9.17) is 14.2 Å². The van der Waals surface area contributed by atoms with Crippen molar-refractivity contribution < 1.29 is 27.4 Å². The van der Waals surface area contributed by atoms with Crippen LogP contribution in [-0.2, 0) is 19.5 Å². The molecule has 0 spiro atoms. The van der Waals surface area contributed by atoms with E-state index in [1.165, 1.54) is 19.2 Å². The van der Waals surface area contributed by atoms with Gasteiger partial charge in [-0.25, -0.2) is 13.1 Å². The van der Waals surface area contributed by atoms with Gasteiger partial charge in [0.15, 0.2) is 12.1 Å². The first-order valence-electron chi connectivity index (χ1n) is 7.80. The molecule has 0 fully saturated rings. The van der Waals surface area contributed by atoms with Crippen LogP contribution in [0.2, 0.25) is 0 Å². The van der Waals surface area contributed by atoms with Gasteiger partial charge in [-0.1, -0.05) is 6.07 Å². The van der Waals surface area contributed by atoms with Crippen molar-refractivity contribution in [2.45, 2.75) is 32.0 Å². The number of carbonyl (C=O) groups is 1. The third kappa shape index (κ3) is 6.95. The van der Waals surface area contributed by atoms with Crippen LogP contribution in [0.15, 0.2) is 36.3 Å². The number of hydrogen-bond donors (Lipinski definition) is 1.